The number of rotatable bonds is 11. The van der Waals surface area contributed by atoms with E-state index in [2.05, 4.69) is 54.9 Å². The highest BCUT2D eigenvalue weighted by Gasteiger charge is 2.06. The average molecular weight is 331 g/mol. The van der Waals surface area contributed by atoms with E-state index in [1.165, 1.54) is 48.8 Å². The van der Waals surface area contributed by atoms with Crippen molar-refractivity contribution in [3.8, 4) is 0 Å². The van der Waals surface area contributed by atoms with E-state index in [1.807, 2.05) is 11.3 Å². The molecule has 1 atom stereocenters. The Labute approximate surface area is 145 Å². The second-order valence-electron chi connectivity index (χ2n) is 6.37. The minimum absolute atomic E-state index is 0.421. The minimum Gasteiger partial charge on any atom is -0.379 e. The number of hydrogen-bond acceptors (Lipinski definition) is 2. The third-order valence-corrected chi connectivity index (χ3v) is 5.12. The summed E-state index contributed by atoms with van der Waals surface area (Å²) in [6.45, 7) is 5.34. The van der Waals surface area contributed by atoms with E-state index in [-0.39, 0.29) is 0 Å². The van der Waals surface area contributed by atoms with Gasteiger partial charge in [-0.25, -0.2) is 0 Å². The van der Waals surface area contributed by atoms with E-state index >= 15 is 0 Å². The lowest BCUT2D eigenvalue weighted by Gasteiger charge is -2.12. The molecule has 0 spiro atoms. The molecule has 0 bridgehead atoms. The Balaban J connectivity index is 1.68. The fourth-order valence-electron chi connectivity index (χ4n) is 2.82. The van der Waals surface area contributed by atoms with Gasteiger partial charge in [0.2, 0.25) is 0 Å². The van der Waals surface area contributed by atoms with Crippen LogP contribution in [0.2, 0.25) is 0 Å². The molecular formula is C21H30OS. The van der Waals surface area contributed by atoms with Crippen LogP contribution in [0.15, 0.2) is 41.1 Å². The molecule has 2 heteroatoms. The molecule has 126 valence electrons. The monoisotopic (exact) mass is 330 g/mol. The summed E-state index contributed by atoms with van der Waals surface area (Å²) in [7, 11) is 0. The summed E-state index contributed by atoms with van der Waals surface area (Å²) in [4.78, 5) is 0. The summed E-state index contributed by atoms with van der Waals surface area (Å²) in [6, 6.07) is 10.8. The summed E-state index contributed by atoms with van der Waals surface area (Å²) in [6.07, 6.45) is 8.78. The number of benzene rings is 1. The van der Waals surface area contributed by atoms with Gasteiger partial charge in [0.1, 0.15) is 0 Å². The number of unbranched alkanes of at least 4 members (excludes halogenated alkanes) is 2. The van der Waals surface area contributed by atoms with Gasteiger partial charge in [0.25, 0.3) is 0 Å². The summed E-state index contributed by atoms with van der Waals surface area (Å²) in [5.41, 5.74) is 4.43. The van der Waals surface area contributed by atoms with Crippen molar-refractivity contribution in [1.82, 2.24) is 0 Å². The number of thiophene rings is 1. The summed E-state index contributed by atoms with van der Waals surface area (Å²) in [5.74, 6) is 0. The zero-order valence-electron chi connectivity index (χ0n) is 14.6. The lowest BCUT2D eigenvalue weighted by molar-refractivity contribution is 0.0564. The molecule has 0 aliphatic rings. The normalized spacial score (nSPS) is 12.4. The second kappa shape index (κ2) is 10.6. The third kappa shape index (κ3) is 6.88. The molecule has 0 aliphatic carbocycles. The van der Waals surface area contributed by atoms with Crippen molar-refractivity contribution in [3.63, 3.8) is 0 Å². The fourth-order valence-corrected chi connectivity index (χ4v) is 3.72. The lowest BCUT2D eigenvalue weighted by Crippen LogP contribution is -2.09. The highest BCUT2D eigenvalue weighted by Crippen LogP contribution is 2.21. The van der Waals surface area contributed by atoms with Crippen LogP contribution in [-0.4, -0.2) is 12.7 Å². The molecule has 1 heterocycles. The molecule has 0 amide bonds. The molecule has 0 radical (unpaired) electrons. The molecular weight excluding hydrogens is 300 g/mol. The van der Waals surface area contributed by atoms with Crippen molar-refractivity contribution >= 4 is 11.3 Å². The Morgan fingerprint density at radius 2 is 1.78 bits per heavy atom. The smallest absolute Gasteiger partial charge is 0.0547 e. The predicted molar refractivity (Wildman–Crippen MR) is 101 cm³/mol. The van der Waals surface area contributed by atoms with Crippen molar-refractivity contribution in [2.45, 2.75) is 64.9 Å². The Bertz CT molecular complexity index is 532. The molecule has 2 aromatic rings. The van der Waals surface area contributed by atoms with Gasteiger partial charge in [0.15, 0.2) is 0 Å². The van der Waals surface area contributed by atoms with Gasteiger partial charge < -0.3 is 4.74 Å². The molecule has 0 saturated carbocycles. The lowest BCUT2D eigenvalue weighted by atomic mass is 10.0. The third-order valence-electron chi connectivity index (χ3n) is 4.28. The zero-order valence-corrected chi connectivity index (χ0v) is 15.4. The molecule has 0 saturated heterocycles. The van der Waals surface area contributed by atoms with Gasteiger partial charge in [-0.05, 0) is 66.5 Å². The molecule has 1 aromatic carbocycles. The van der Waals surface area contributed by atoms with Crippen LogP contribution in [0.4, 0.5) is 0 Å². The summed E-state index contributed by atoms with van der Waals surface area (Å²) >= 11 is 1.83. The van der Waals surface area contributed by atoms with Gasteiger partial charge in [-0.15, -0.1) is 0 Å². The Kier molecular flexibility index (Phi) is 8.41. The quantitative estimate of drug-likeness (QED) is 0.442. The first-order valence-corrected chi connectivity index (χ1v) is 9.93. The van der Waals surface area contributed by atoms with E-state index in [1.54, 1.807) is 0 Å². The zero-order chi connectivity index (χ0) is 16.3. The van der Waals surface area contributed by atoms with Gasteiger partial charge >= 0.3 is 0 Å². The number of hydrogen-bond donors (Lipinski definition) is 0. The average Bonchev–Trinajstić information content (AvgIpc) is 3.00. The molecule has 2 rings (SSSR count). The van der Waals surface area contributed by atoms with Gasteiger partial charge in [-0.2, -0.15) is 11.3 Å². The predicted octanol–water partition coefficient (Wildman–Crippen LogP) is 6.26. The Morgan fingerprint density at radius 1 is 1.00 bits per heavy atom. The molecule has 0 fully saturated rings. The van der Waals surface area contributed by atoms with Crippen LogP contribution in [0.5, 0.6) is 0 Å². The second-order valence-corrected chi connectivity index (χ2v) is 7.11. The summed E-state index contributed by atoms with van der Waals surface area (Å²) < 4.78 is 5.89. The van der Waals surface area contributed by atoms with Crippen LogP contribution >= 0.6 is 11.3 Å². The number of ether oxygens (including phenoxy) is 1. The van der Waals surface area contributed by atoms with Gasteiger partial charge in [-0.3, -0.25) is 0 Å². The van der Waals surface area contributed by atoms with Gasteiger partial charge in [-0.1, -0.05) is 50.1 Å². The van der Waals surface area contributed by atoms with Crippen LogP contribution in [0.3, 0.4) is 0 Å². The van der Waals surface area contributed by atoms with E-state index in [4.69, 9.17) is 4.74 Å². The Hall–Kier alpha value is -1.12. The maximum Gasteiger partial charge on any atom is 0.0547 e. The topological polar surface area (TPSA) is 9.23 Å². The molecule has 1 unspecified atom stereocenters. The fraction of sp³-hybridized carbons (Fsp3) is 0.524. The van der Waals surface area contributed by atoms with Crippen LogP contribution in [0, 0.1) is 0 Å². The van der Waals surface area contributed by atoms with Crippen LogP contribution in [-0.2, 0) is 17.6 Å². The van der Waals surface area contributed by atoms with E-state index in [0.29, 0.717) is 6.10 Å². The number of aryl methyl sites for hydroxylation is 1. The van der Waals surface area contributed by atoms with Crippen molar-refractivity contribution in [2.75, 3.05) is 6.61 Å². The van der Waals surface area contributed by atoms with Gasteiger partial charge in [0.05, 0.1) is 6.10 Å². The van der Waals surface area contributed by atoms with Crippen molar-refractivity contribution in [2.24, 2.45) is 0 Å². The highest BCUT2D eigenvalue weighted by molar-refractivity contribution is 7.08. The van der Waals surface area contributed by atoms with Crippen LogP contribution in [0.1, 0.15) is 62.6 Å². The van der Waals surface area contributed by atoms with E-state index < -0.39 is 0 Å². The van der Waals surface area contributed by atoms with E-state index in [0.717, 1.165) is 19.4 Å². The molecule has 1 nitrogen and oxygen atoms in total. The Morgan fingerprint density at radius 3 is 2.57 bits per heavy atom. The molecule has 23 heavy (non-hydrogen) atoms. The SMILES string of the molecule is CCCCC(C)OCCCCc1cscc1Cc1ccccc1. The van der Waals surface area contributed by atoms with Crippen LogP contribution < -0.4 is 0 Å². The minimum atomic E-state index is 0.421. The van der Waals surface area contributed by atoms with Crippen LogP contribution in [0.25, 0.3) is 0 Å². The first kappa shape index (κ1) is 18.2. The molecule has 0 aliphatic heterocycles. The maximum atomic E-state index is 5.89. The van der Waals surface area contributed by atoms with E-state index in [9.17, 15) is 0 Å². The first-order valence-electron chi connectivity index (χ1n) is 8.99. The van der Waals surface area contributed by atoms with Gasteiger partial charge in [0, 0.05) is 6.61 Å². The summed E-state index contributed by atoms with van der Waals surface area (Å²) in [5, 5.41) is 4.63. The molecule has 0 N–H and O–H groups in total. The van der Waals surface area contributed by atoms with Crippen molar-refractivity contribution in [1.29, 1.82) is 0 Å². The maximum absolute atomic E-state index is 5.89. The standard InChI is InChI=1S/C21H30OS/c1-3-4-10-18(2)22-14-9-8-13-20-16-23-17-21(20)15-19-11-6-5-7-12-19/h5-7,11-12,16-18H,3-4,8-10,13-15H2,1-2H3. The first-order chi connectivity index (χ1) is 11.3. The highest BCUT2D eigenvalue weighted by atomic mass is 32.1. The van der Waals surface area contributed by atoms with Crippen molar-refractivity contribution < 1.29 is 4.74 Å². The largest absolute Gasteiger partial charge is 0.379 e. The molecule has 1 aromatic heterocycles. The van der Waals surface area contributed by atoms with Crippen molar-refractivity contribution in [3.05, 3.63) is 57.8 Å².